The van der Waals surface area contributed by atoms with Crippen molar-refractivity contribution in [3.63, 3.8) is 0 Å². The lowest BCUT2D eigenvalue weighted by molar-refractivity contribution is -0.116. The van der Waals surface area contributed by atoms with Crippen LogP contribution >= 0.6 is 11.8 Å². The number of carbonyl (C=O) groups is 1. The molecule has 0 saturated carbocycles. The molecule has 0 radical (unpaired) electrons. The molecule has 1 aliphatic rings. The minimum absolute atomic E-state index is 0.123. The predicted octanol–water partition coefficient (Wildman–Crippen LogP) is 4.08. The first-order valence-corrected chi connectivity index (χ1v) is 11.1. The van der Waals surface area contributed by atoms with E-state index in [9.17, 15) is 14.0 Å². The third kappa shape index (κ3) is 4.62. The smallest absolute Gasteiger partial charge is 0.257 e. The van der Waals surface area contributed by atoms with Crippen molar-refractivity contribution in [2.45, 2.75) is 30.2 Å². The summed E-state index contributed by atoms with van der Waals surface area (Å²) in [7, 11) is 1.56. The summed E-state index contributed by atoms with van der Waals surface area (Å²) in [6.45, 7) is 2.33. The SMILES string of the molecule is CCOc1cc([C@H]2CC(=O)Nc3nc(SCc4ccc(F)cc4)[nH]c(=O)c32)ccc1OC. The van der Waals surface area contributed by atoms with Gasteiger partial charge in [-0.25, -0.2) is 9.37 Å². The van der Waals surface area contributed by atoms with Crippen LogP contribution in [0.2, 0.25) is 0 Å². The number of thioether (sulfide) groups is 1. The highest BCUT2D eigenvalue weighted by Crippen LogP contribution is 2.38. The topological polar surface area (TPSA) is 93.3 Å². The number of nitrogens with zero attached hydrogens (tertiary/aromatic N) is 1. The van der Waals surface area contributed by atoms with E-state index in [2.05, 4.69) is 15.3 Å². The number of aromatic amines is 1. The summed E-state index contributed by atoms with van der Waals surface area (Å²) in [6.07, 6.45) is 0.123. The number of nitrogens with one attached hydrogen (secondary N) is 2. The Kier molecular flexibility index (Phi) is 6.45. The second kappa shape index (κ2) is 9.44. The first kappa shape index (κ1) is 21.9. The molecule has 0 aliphatic carbocycles. The maximum Gasteiger partial charge on any atom is 0.257 e. The fourth-order valence-electron chi connectivity index (χ4n) is 3.61. The summed E-state index contributed by atoms with van der Waals surface area (Å²) in [5.41, 5.74) is 1.75. The third-order valence-electron chi connectivity index (χ3n) is 5.11. The van der Waals surface area contributed by atoms with Crippen molar-refractivity contribution in [3.05, 3.63) is 75.3 Å². The van der Waals surface area contributed by atoms with Gasteiger partial charge < -0.3 is 19.8 Å². The molecule has 7 nitrogen and oxygen atoms in total. The van der Waals surface area contributed by atoms with Crippen molar-refractivity contribution in [2.24, 2.45) is 0 Å². The molecule has 0 spiro atoms. The van der Waals surface area contributed by atoms with E-state index in [1.54, 1.807) is 31.4 Å². The molecule has 1 atom stereocenters. The van der Waals surface area contributed by atoms with Gasteiger partial charge in [0, 0.05) is 18.1 Å². The lowest BCUT2D eigenvalue weighted by atomic mass is 9.86. The number of ether oxygens (including phenoxy) is 2. The van der Waals surface area contributed by atoms with Gasteiger partial charge in [-0.3, -0.25) is 9.59 Å². The summed E-state index contributed by atoms with van der Waals surface area (Å²) in [5.74, 6) is 0.895. The van der Waals surface area contributed by atoms with Crippen molar-refractivity contribution < 1.29 is 18.7 Å². The lowest BCUT2D eigenvalue weighted by Gasteiger charge is -2.25. The molecule has 166 valence electrons. The van der Waals surface area contributed by atoms with Crippen LogP contribution in [0, 0.1) is 5.82 Å². The van der Waals surface area contributed by atoms with Crippen LogP contribution in [-0.2, 0) is 10.5 Å². The molecule has 0 unspecified atom stereocenters. The molecule has 0 fully saturated rings. The Morgan fingerprint density at radius 2 is 1.94 bits per heavy atom. The van der Waals surface area contributed by atoms with Gasteiger partial charge in [-0.2, -0.15) is 0 Å². The molecule has 2 aromatic carbocycles. The summed E-state index contributed by atoms with van der Waals surface area (Å²) < 4.78 is 24.1. The van der Waals surface area contributed by atoms with Crippen LogP contribution in [0.1, 0.15) is 36.0 Å². The number of hydrogen-bond donors (Lipinski definition) is 2. The Hall–Kier alpha value is -3.33. The number of halogens is 1. The predicted molar refractivity (Wildman–Crippen MR) is 120 cm³/mol. The second-order valence-electron chi connectivity index (χ2n) is 7.20. The van der Waals surface area contributed by atoms with Gasteiger partial charge in [0.15, 0.2) is 16.7 Å². The standard InChI is InChI=1S/C23H22FN3O4S/c1-3-31-18-10-14(6-9-17(18)30-2)16-11-19(28)25-21-20(16)22(29)27-23(26-21)32-12-13-4-7-15(24)8-5-13/h4-10,16H,3,11-12H2,1-2H3,(H2,25,26,27,28,29)/t16-/m1/s1. The van der Waals surface area contributed by atoms with Gasteiger partial charge in [0.05, 0.1) is 19.3 Å². The number of amides is 1. The number of aromatic nitrogens is 2. The fraction of sp³-hybridized carbons (Fsp3) is 0.261. The van der Waals surface area contributed by atoms with Crippen LogP contribution in [0.4, 0.5) is 10.2 Å². The molecule has 0 bridgehead atoms. The lowest BCUT2D eigenvalue weighted by Crippen LogP contribution is -2.31. The van der Waals surface area contributed by atoms with Gasteiger partial charge in [0.1, 0.15) is 11.6 Å². The first-order chi connectivity index (χ1) is 15.5. The molecular weight excluding hydrogens is 433 g/mol. The Morgan fingerprint density at radius 3 is 2.66 bits per heavy atom. The highest BCUT2D eigenvalue weighted by molar-refractivity contribution is 7.98. The second-order valence-corrected chi connectivity index (χ2v) is 8.16. The fourth-order valence-corrected chi connectivity index (χ4v) is 4.43. The number of H-pyrrole nitrogens is 1. The van der Waals surface area contributed by atoms with E-state index in [0.717, 1.165) is 11.1 Å². The van der Waals surface area contributed by atoms with Gasteiger partial charge in [-0.1, -0.05) is 30.0 Å². The van der Waals surface area contributed by atoms with Crippen molar-refractivity contribution in [1.29, 1.82) is 0 Å². The van der Waals surface area contributed by atoms with Crippen LogP contribution in [0.15, 0.2) is 52.4 Å². The molecule has 2 heterocycles. The Morgan fingerprint density at radius 1 is 1.16 bits per heavy atom. The molecule has 2 N–H and O–H groups in total. The summed E-state index contributed by atoms with van der Waals surface area (Å²) in [6, 6.07) is 11.5. The Labute approximate surface area is 188 Å². The van der Waals surface area contributed by atoms with Gasteiger partial charge in [0.25, 0.3) is 5.56 Å². The third-order valence-corrected chi connectivity index (χ3v) is 6.05. The highest BCUT2D eigenvalue weighted by Gasteiger charge is 2.31. The zero-order valence-electron chi connectivity index (χ0n) is 17.6. The molecular formula is C23H22FN3O4S. The summed E-state index contributed by atoms with van der Waals surface area (Å²) in [5, 5.41) is 3.10. The van der Waals surface area contributed by atoms with Gasteiger partial charge >= 0.3 is 0 Å². The average molecular weight is 456 g/mol. The average Bonchev–Trinajstić information content (AvgIpc) is 2.78. The number of fused-ring (bicyclic) bond motifs is 1. The molecule has 1 aliphatic heterocycles. The molecule has 1 amide bonds. The highest BCUT2D eigenvalue weighted by atomic mass is 32.2. The minimum atomic E-state index is -0.462. The first-order valence-electron chi connectivity index (χ1n) is 10.1. The van der Waals surface area contributed by atoms with E-state index in [1.807, 2.05) is 13.0 Å². The molecule has 4 rings (SSSR count). The zero-order valence-corrected chi connectivity index (χ0v) is 18.4. The van der Waals surface area contributed by atoms with Gasteiger partial charge in [0.2, 0.25) is 5.91 Å². The van der Waals surface area contributed by atoms with E-state index in [4.69, 9.17) is 9.47 Å². The Balaban J connectivity index is 1.65. The zero-order chi connectivity index (χ0) is 22.7. The van der Waals surface area contributed by atoms with Crippen LogP contribution in [0.25, 0.3) is 0 Å². The molecule has 0 saturated heterocycles. The van der Waals surface area contributed by atoms with Crippen LogP contribution in [0.5, 0.6) is 11.5 Å². The van der Waals surface area contributed by atoms with Crippen LogP contribution in [-0.4, -0.2) is 29.6 Å². The maximum atomic E-state index is 13.1. The van der Waals surface area contributed by atoms with Crippen molar-refractivity contribution >= 4 is 23.5 Å². The molecule has 9 heteroatoms. The number of methoxy groups -OCH3 is 1. The number of rotatable bonds is 7. The van der Waals surface area contributed by atoms with Gasteiger partial charge in [-0.05, 0) is 42.3 Å². The van der Waals surface area contributed by atoms with Crippen LogP contribution < -0.4 is 20.3 Å². The molecule has 3 aromatic rings. The largest absolute Gasteiger partial charge is 0.493 e. The van der Waals surface area contributed by atoms with Crippen molar-refractivity contribution in [3.8, 4) is 11.5 Å². The normalized spacial score (nSPS) is 15.1. The van der Waals surface area contributed by atoms with Gasteiger partial charge in [-0.15, -0.1) is 0 Å². The quantitative estimate of drug-likeness (QED) is 0.412. The van der Waals surface area contributed by atoms with E-state index in [0.29, 0.717) is 34.6 Å². The molecule has 1 aromatic heterocycles. The van der Waals surface area contributed by atoms with E-state index in [-0.39, 0.29) is 29.5 Å². The van der Waals surface area contributed by atoms with Crippen molar-refractivity contribution in [2.75, 3.05) is 19.0 Å². The van der Waals surface area contributed by atoms with E-state index in [1.165, 1.54) is 23.9 Å². The maximum absolute atomic E-state index is 13.1. The number of hydrogen-bond acceptors (Lipinski definition) is 6. The number of anilines is 1. The number of carbonyl (C=O) groups excluding carboxylic acids is 1. The van der Waals surface area contributed by atoms with Crippen molar-refractivity contribution in [1.82, 2.24) is 9.97 Å². The Bertz CT molecular complexity index is 1200. The monoisotopic (exact) mass is 455 g/mol. The van der Waals surface area contributed by atoms with E-state index < -0.39 is 5.92 Å². The summed E-state index contributed by atoms with van der Waals surface area (Å²) in [4.78, 5) is 32.7. The minimum Gasteiger partial charge on any atom is -0.493 e. The summed E-state index contributed by atoms with van der Waals surface area (Å²) >= 11 is 1.30. The van der Waals surface area contributed by atoms with Crippen LogP contribution in [0.3, 0.4) is 0 Å². The van der Waals surface area contributed by atoms with E-state index >= 15 is 0 Å². The molecule has 32 heavy (non-hydrogen) atoms. The number of benzene rings is 2.